The molecule has 2 saturated heterocycles. The lowest BCUT2D eigenvalue weighted by atomic mass is 9.83. The van der Waals surface area contributed by atoms with Crippen LogP contribution in [0.15, 0.2) is 70.5 Å². The summed E-state index contributed by atoms with van der Waals surface area (Å²) < 4.78 is 70.2. The molecule has 4 aliphatic heterocycles. The Morgan fingerprint density at radius 2 is 1.15 bits per heavy atom. The number of sulfone groups is 1. The Hall–Kier alpha value is -3.98. The zero-order valence-corrected chi connectivity index (χ0v) is 51.0. The van der Waals surface area contributed by atoms with E-state index in [1.165, 1.54) is 16.7 Å². The summed E-state index contributed by atoms with van der Waals surface area (Å²) in [5.41, 5.74) is 10.6. The number of amides is 2. The third-order valence-electron chi connectivity index (χ3n) is 16.6. The van der Waals surface area contributed by atoms with E-state index in [2.05, 4.69) is 69.0 Å². The fourth-order valence-electron chi connectivity index (χ4n) is 12.3. The number of ketones is 1. The summed E-state index contributed by atoms with van der Waals surface area (Å²) in [6, 6.07) is 19.3. The number of sulfonamides is 1. The van der Waals surface area contributed by atoms with Crippen molar-refractivity contribution in [3.8, 4) is 0 Å². The minimum atomic E-state index is -3.77. The quantitative estimate of drug-likeness (QED) is 0.0486. The predicted molar refractivity (Wildman–Crippen MR) is 319 cm³/mol. The van der Waals surface area contributed by atoms with Gasteiger partial charge in [-0.15, -0.1) is 0 Å². The van der Waals surface area contributed by atoms with E-state index >= 15 is 0 Å². The van der Waals surface area contributed by atoms with E-state index in [0.717, 1.165) is 111 Å². The molecule has 0 saturated carbocycles. The van der Waals surface area contributed by atoms with Crippen molar-refractivity contribution in [1.82, 2.24) is 35.0 Å². The van der Waals surface area contributed by atoms with Gasteiger partial charge in [-0.3, -0.25) is 9.69 Å². The number of carbonyl (C=O) groups excluding carboxylic acids is 2. The molecule has 80 heavy (non-hydrogen) atoms. The highest BCUT2D eigenvalue weighted by Gasteiger charge is 2.34. The first-order valence-corrected chi connectivity index (χ1v) is 32.7. The van der Waals surface area contributed by atoms with Crippen molar-refractivity contribution >= 4 is 54.9 Å². The number of hydrogen-bond donors (Lipinski definition) is 3. The molecule has 3 N–H and O–H groups in total. The lowest BCUT2D eigenvalue weighted by molar-refractivity contribution is -0.119. The van der Waals surface area contributed by atoms with Gasteiger partial charge in [-0.2, -0.15) is 0 Å². The van der Waals surface area contributed by atoms with Crippen LogP contribution in [0.4, 0.5) is 4.79 Å². The first-order chi connectivity index (χ1) is 38.2. The Balaban J connectivity index is 0.620. The van der Waals surface area contributed by atoms with Crippen molar-refractivity contribution in [2.45, 2.75) is 120 Å². The Bertz CT molecular complexity index is 2840. The van der Waals surface area contributed by atoms with Crippen molar-refractivity contribution in [3.05, 3.63) is 126 Å². The number of Topliss-reactive ketones (excluding diaryl/α,β-unsaturated/α-hetero) is 1. The van der Waals surface area contributed by atoms with E-state index < -0.39 is 19.9 Å². The average molecular weight is 1180 g/mol. The topological polar surface area (TPSA) is 170 Å². The van der Waals surface area contributed by atoms with Gasteiger partial charge in [0, 0.05) is 113 Å². The van der Waals surface area contributed by atoms with Crippen LogP contribution in [0.2, 0.25) is 10.0 Å². The highest BCUT2D eigenvalue weighted by molar-refractivity contribution is 7.91. The Morgan fingerprint density at radius 3 is 1.79 bits per heavy atom. The number of likely N-dealkylation sites (N-methyl/N-ethyl adjacent to an activating group) is 2. The molecule has 8 rings (SSSR count). The maximum Gasteiger partial charge on any atom is 0.314 e. The van der Waals surface area contributed by atoms with Crippen molar-refractivity contribution < 1.29 is 35.9 Å². The summed E-state index contributed by atoms with van der Waals surface area (Å²) in [6.45, 7) is 18.2. The van der Waals surface area contributed by atoms with Crippen molar-refractivity contribution in [1.29, 1.82) is 0 Å². The molecule has 438 valence electrons. The van der Waals surface area contributed by atoms with E-state index in [9.17, 15) is 26.4 Å². The molecule has 0 bridgehead atoms. The van der Waals surface area contributed by atoms with Gasteiger partial charge in [-0.25, -0.2) is 26.4 Å². The summed E-state index contributed by atoms with van der Waals surface area (Å²) in [6.07, 6.45) is 5.59. The summed E-state index contributed by atoms with van der Waals surface area (Å²) in [5.74, 6) is 0.446. The van der Waals surface area contributed by atoms with Crippen LogP contribution in [0.5, 0.6) is 0 Å². The molecule has 2 unspecified atom stereocenters. The maximum atomic E-state index is 13.9. The number of likely N-dealkylation sites (tertiary alicyclic amines) is 2. The van der Waals surface area contributed by atoms with Crippen LogP contribution in [0.3, 0.4) is 0 Å². The minimum Gasteiger partial charge on any atom is -0.380 e. The number of fused-ring (bicyclic) bond motifs is 2. The van der Waals surface area contributed by atoms with Crippen LogP contribution in [0.1, 0.15) is 119 Å². The van der Waals surface area contributed by atoms with Gasteiger partial charge in [0.15, 0.2) is 9.84 Å². The highest BCUT2D eigenvalue weighted by Crippen LogP contribution is 2.40. The fourth-order valence-corrected chi connectivity index (χ4v) is 16.3. The van der Waals surface area contributed by atoms with E-state index in [-0.39, 0.29) is 41.4 Å². The van der Waals surface area contributed by atoms with Crippen molar-refractivity contribution in [2.24, 2.45) is 5.92 Å². The van der Waals surface area contributed by atoms with Gasteiger partial charge < -0.3 is 34.8 Å². The lowest BCUT2D eigenvalue weighted by Gasteiger charge is -2.34. The van der Waals surface area contributed by atoms with Crippen molar-refractivity contribution in [3.63, 3.8) is 0 Å². The summed E-state index contributed by atoms with van der Waals surface area (Å²) >= 11 is 13.0. The number of nitrogens with zero attached hydrogens (tertiary/aromatic N) is 4. The number of urea groups is 1. The molecule has 0 aliphatic carbocycles. The molecule has 19 heteroatoms. The molecule has 2 fully saturated rings. The lowest BCUT2D eigenvalue weighted by Crippen LogP contribution is -2.38. The van der Waals surface area contributed by atoms with Crippen LogP contribution < -0.4 is 15.4 Å². The SMILES string of the molecule is Cc1ccc(C2CN(C)Cc3c(C)cc(Cl)cc32)cc1S(=O)(=O)C[C@H]1CCN(CCOCCCC(=O)CCCCCNC(=O)NCCOCCN2CC[C@H](NS(=O)(=O)c3cc(C4CN(C)Cc5c(C)cc(Cl)cc54)ccc3C)C2)C1. The van der Waals surface area contributed by atoms with Gasteiger partial charge in [-0.05, 0) is 185 Å². The number of carbonyl (C=O) groups is 2. The number of rotatable bonds is 27. The summed E-state index contributed by atoms with van der Waals surface area (Å²) in [4.78, 5) is 34.6. The Labute approximate surface area is 486 Å². The van der Waals surface area contributed by atoms with Gasteiger partial charge in [0.1, 0.15) is 5.78 Å². The number of benzene rings is 4. The predicted octanol–water partition coefficient (Wildman–Crippen LogP) is 8.77. The van der Waals surface area contributed by atoms with E-state index in [1.54, 1.807) is 0 Å². The van der Waals surface area contributed by atoms with Gasteiger partial charge in [0.25, 0.3) is 0 Å². The van der Waals surface area contributed by atoms with E-state index in [4.69, 9.17) is 32.7 Å². The molecule has 0 radical (unpaired) electrons. The number of unbranched alkanes of at least 4 members (excludes halogenated alkanes) is 2. The first kappa shape index (κ1) is 62.1. The Kier molecular flexibility index (Phi) is 22.1. The van der Waals surface area contributed by atoms with Crippen molar-refractivity contribution in [2.75, 3.05) is 112 Å². The average Bonchev–Trinajstić information content (AvgIpc) is 4.15. The number of ether oxygens (including phenoxy) is 2. The minimum absolute atomic E-state index is 0.00863. The van der Waals surface area contributed by atoms with Crippen LogP contribution in [0, 0.1) is 33.6 Å². The first-order valence-electron chi connectivity index (χ1n) is 28.8. The molecule has 4 atom stereocenters. The fraction of sp³-hybridized carbons (Fsp3) is 0.574. The normalized spacial score (nSPS) is 20.2. The molecule has 0 aromatic heterocycles. The monoisotopic (exact) mass is 1180 g/mol. The second kappa shape index (κ2) is 28.5. The molecule has 15 nitrogen and oxygen atoms in total. The number of halogens is 2. The third kappa shape index (κ3) is 16.9. The second-order valence-corrected chi connectivity index (χ2v) is 27.7. The molecule has 4 aliphatic rings. The highest BCUT2D eigenvalue weighted by atomic mass is 35.5. The van der Waals surface area contributed by atoms with Crippen LogP contribution in [-0.2, 0) is 47.2 Å². The largest absolute Gasteiger partial charge is 0.380 e. The molecule has 2 amide bonds. The number of hydrogen-bond acceptors (Lipinski definition) is 12. The molecule has 4 aromatic carbocycles. The molecular formula is C61H85Cl2N7O8S2. The zero-order valence-electron chi connectivity index (χ0n) is 47.9. The van der Waals surface area contributed by atoms with Gasteiger partial charge in [0.2, 0.25) is 10.0 Å². The number of nitrogens with one attached hydrogen (secondary N) is 3. The van der Waals surface area contributed by atoms with Gasteiger partial charge in [0.05, 0.1) is 35.4 Å². The van der Waals surface area contributed by atoms with Gasteiger partial charge in [-0.1, -0.05) is 53.9 Å². The van der Waals surface area contributed by atoms with Crippen LogP contribution in [-0.4, -0.2) is 166 Å². The second-order valence-electron chi connectivity index (χ2n) is 23.1. The van der Waals surface area contributed by atoms with Crippen LogP contribution >= 0.6 is 23.2 Å². The summed E-state index contributed by atoms with van der Waals surface area (Å²) in [7, 11) is -3.09. The zero-order chi connectivity index (χ0) is 57.1. The van der Waals surface area contributed by atoms with Crippen LogP contribution in [0.25, 0.3) is 0 Å². The molecule has 0 spiro atoms. The summed E-state index contributed by atoms with van der Waals surface area (Å²) in [5, 5.41) is 7.10. The molecular weight excluding hydrogens is 1090 g/mol. The maximum absolute atomic E-state index is 13.9. The Morgan fingerprint density at radius 1 is 0.600 bits per heavy atom. The third-order valence-corrected chi connectivity index (χ3v) is 20.7. The molecule has 4 heterocycles. The standard InChI is InChI=1S/C61H85Cl2N7O8S2/c1-42-13-15-47(57-39-67(5)37-55-44(3)29-49(62)33-53(55)57)31-59(42)79(73,74)41-46-17-21-69(35-46)23-27-77-25-10-12-52(71)11-8-7-9-19-64-61(72)65-20-26-78-28-24-70-22-18-51(36-70)66-80(75,76)60-32-48(16-14-43(60)2)58-40-68(6)38-56-45(4)30-50(63)34-54(56)58/h13-16,29-34,46,51,57-58,66H,7-12,17-28,35-41H2,1-6H3,(H2,64,65,72)/t46-,51-,57?,58?/m0/s1. The molecule has 4 aromatic rings. The van der Waals surface area contributed by atoms with E-state index in [1.807, 2.05) is 68.4 Å². The van der Waals surface area contributed by atoms with E-state index in [0.29, 0.717) is 104 Å². The smallest absolute Gasteiger partial charge is 0.314 e. The van der Waals surface area contributed by atoms with Gasteiger partial charge >= 0.3 is 6.03 Å². The number of aryl methyl sites for hydroxylation is 4.